The molecule has 0 unspecified atom stereocenters. The Bertz CT molecular complexity index is 1350. The highest BCUT2D eigenvalue weighted by Gasteiger charge is 2.41. The van der Waals surface area contributed by atoms with Gasteiger partial charge in [-0.25, -0.2) is 13.2 Å². The third kappa shape index (κ3) is 5.89. The molecule has 0 aromatic heterocycles. The fourth-order valence-corrected chi connectivity index (χ4v) is 2.97. The van der Waals surface area contributed by atoms with E-state index in [1.165, 1.54) is 0 Å². The van der Waals surface area contributed by atoms with Crippen molar-refractivity contribution in [2.24, 2.45) is 0 Å². The van der Waals surface area contributed by atoms with Crippen LogP contribution in [0.1, 0.15) is 16.7 Å². The first kappa shape index (κ1) is 27.6. The van der Waals surface area contributed by atoms with Crippen LogP contribution in [0.3, 0.4) is 0 Å². The van der Waals surface area contributed by atoms with Crippen LogP contribution in [0.5, 0.6) is 23.0 Å². The Labute approximate surface area is 198 Å². The molecule has 37 heavy (non-hydrogen) atoms. The second-order valence-corrected chi connectivity index (χ2v) is 7.22. The van der Waals surface area contributed by atoms with Crippen molar-refractivity contribution >= 4 is 11.4 Å². The molecule has 4 N–H and O–H groups in total. The predicted octanol–water partition coefficient (Wildman–Crippen LogP) is 7.91. The Morgan fingerprint density at radius 3 is 1.32 bits per heavy atom. The molecule has 4 nitrogen and oxygen atoms in total. The average molecular weight is 550 g/mol. The molecule has 0 saturated heterocycles. The van der Waals surface area contributed by atoms with E-state index in [1.807, 2.05) is 0 Å². The standard InChI is InChI=1S/C21H10F12N2O2/c22-10-3-8(19(25,26)27)15(5-13(10)34)36-7-1-12(24)18(21(31,32)33)17(2-7)37-16-6-14(35)11(23)4-9(16)20(28,29)30/h1-6H,34-35H2. The van der Waals surface area contributed by atoms with Crippen molar-refractivity contribution in [2.75, 3.05) is 11.5 Å². The Kier molecular flexibility index (Phi) is 6.83. The van der Waals surface area contributed by atoms with Crippen molar-refractivity contribution in [3.8, 4) is 23.0 Å². The number of hydrogen-bond acceptors (Lipinski definition) is 4. The molecule has 0 amide bonds. The van der Waals surface area contributed by atoms with Crippen LogP contribution < -0.4 is 20.9 Å². The molecule has 0 aliphatic heterocycles. The van der Waals surface area contributed by atoms with Crippen LogP contribution in [-0.4, -0.2) is 0 Å². The first-order chi connectivity index (χ1) is 16.8. The molecular formula is C21H10F12N2O2. The van der Waals surface area contributed by atoms with Gasteiger partial charge < -0.3 is 20.9 Å². The lowest BCUT2D eigenvalue weighted by atomic mass is 10.1. The minimum atomic E-state index is -5.60. The SMILES string of the molecule is Nc1cc(Oc2cc(F)c(C(F)(F)F)c(Oc3cc(N)c(F)cc3C(F)(F)F)c2)c(C(F)(F)F)cc1F. The van der Waals surface area contributed by atoms with E-state index in [-0.39, 0.29) is 30.3 Å². The molecule has 3 aromatic carbocycles. The number of alkyl halides is 9. The Morgan fingerprint density at radius 1 is 0.486 bits per heavy atom. The van der Waals surface area contributed by atoms with Gasteiger partial charge in [0.2, 0.25) is 0 Å². The van der Waals surface area contributed by atoms with Gasteiger partial charge in [-0.2, -0.15) is 39.5 Å². The Balaban J connectivity index is 2.21. The summed E-state index contributed by atoms with van der Waals surface area (Å²) in [6, 6.07) is 0.262. The fourth-order valence-electron chi connectivity index (χ4n) is 2.97. The van der Waals surface area contributed by atoms with Crippen LogP contribution in [0.2, 0.25) is 0 Å². The molecular weight excluding hydrogens is 540 g/mol. The Morgan fingerprint density at radius 2 is 0.919 bits per heavy atom. The molecule has 0 radical (unpaired) electrons. The van der Waals surface area contributed by atoms with Crippen molar-refractivity contribution in [1.82, 2.24) is 0 Å². The fraction of sp³-hybridized carbons (Fsp3) is 0.143. The molecule has 0 saturated carbocycles. The van der Waals surface area contributed by atoms with Gasteiger partial charge in [0.25, 0.3) is 0 Å². The summed E-state index contributed by atoms with van der Waals surface area (Å²) in [5.41, 5.74) is 2.48. The maximum atomic E-state index is 14.5. The van der Waals surface area contributed by atoms with E-state index in [9.17, 15) is 52.7 Å². The molecule has 3 aromatic rings. The molecule has 3 rings (SSSR count). The number of halogens is 12. The maximum Gasteiger partial charge on any atom is 0.422 e. The molecule has 16 heteroatoms. The second-order valence-electron chi connectivity index (χ2n) is 7.22. The first-order valence-corrected chi connectivity index (χ1v) is 9.38. The lowest BCUT2D eigenvalue weighted by Gasteiger charge is -2.20. The van der Waals surface area contributed by atoms with Crippen LogP contribution >= 0.6 is 0 Å². The summed E-state index contributed by atoms with van der Waals surface area (Å²) in [5.74, 6) is -11.0. The molecule has 0 aliphatic rings. The third-order valence-corrected chi connectivity index (χ3v) is 4.57. The van der Waals surface area contributed by atoms with Gasteiger partial charge in [-0.1, -0.05) is 0 Å². The van der Waals surface area contributed by atoms with Crippen LogP contribution in [-0.2, 0) is 18.5 Å². The van der Waals surface area contributed by atoms with Crippen molar-refractivity contribution in [3.63, 3.8) is 0 Å². The number of hydrogen-bond donors (Lipinski definition) is 2. The largest absolute Gasteiger partial charge is 0.456 e. The van der Waals surface area contributed by atoms with Crippen LogP contribution in [0.4, 0.5) is 64.1 Å². The smallest absolute Gasteiger partial charge is 0.422 e. The normalized spacial score (nSPS) is 12.5. The highest BCUT2D eigenvalue weighted by atomic mass is 19.4. The van der Waals surface area contributed by atoms with E-state index in [0.29, 0.717) is 6.07 Å². The minimum absolute atomic E-state index is 0.0426. The average Bonchev–Trinajstić information content (AvgIpc) is 2.70. The number of ether oxygens (including phenoxy) is 2. The van der Waals surface area contributed by atoms with Crippen molar-refractivity contribution in [1.29, 1.82) is 0 Å². The van der Waals surface area contributed by atoms with Crippen LogP contribution in [0.25, 0.3) is 0 Å². The lowest BCUT2D eigenvalue weighted by molar-refractivity contribution is -0.141. The zero-order valence-corrected chi connectivity index (χ0v) is 17.5. The minimum Gasteiger partial charge on any atom is -0.456 e. The highest BCUT2D eigenvalue weighted by Crippen LogP contribution is 2.47. The first-order valence-electron chi connectivity index (χ1n) is 9.38. The van der Waals surface area contributed by atoms with Crippen LogP contribution in [0, 0.1) is 17.5 Å². The van der Waals surface area contributed by atoms with E-state index in [2.05, 4.69) is 4.74 Å². The number of benzene rings is 3. The topological polar surface area (TPSA) is 70.5 Å². The number of anilines is 2. The monoisotopic (exact) mass is 550 g/mol. The zero-order chi connectivity index (χ0) is 28.1. The lowest BCUT2D eigenvalue weighted by Crippen LogP contribution is -2.13. The van der Waals surface area contributed by atoms with E-state index in [4.69, 9.17) is 16.2 Å². The second kappa shape index (κ2) is 9.15. The van der Waals surface area contributed by atoms with Gasteiger partial charge in [0.05, 0.1) is 11.4 Å². The van der Waals surface area contributed by atoms with Gasteiger partial charge in [-0.05, 0) is 12.1 Å². The van der Waals surface area contributed by atoms with Crippen molar-refractivity contribution in [2.45, 2.75) is 18.5 Å². The molecule has 0 spiro atoms. The summed E-state index contributed by atoms with van der Waals surface area (Å²) in [4.78, 5) is 0. The van der Waals surface area contributed by atoms with Gasteiger partial charge in [0, 0.05) is 24.3 Å². The molecule has 0 aliphatic carbocycles. The summed E-state index contributed by atoms with van der Waals surface area (Å²) >= 11 is 0. The van der Waals surface area contributed by atoms with Gasteiger partial charge >= 0.3 is 18.5 Å². The van der Waals surface area contributed by atoms with Gasteiger partial charge in [-0.3, -0.25) is 0 Å². The number of nitrogen functional groups attached to an aromatic ring is 2. The van der Waals surface area contributed by atoms with Gasteiger partial charge in [0.1, 0.15) is 57.1 Å². The predicted molar refractivity (Wildman–Crippen MR) is 103 cm³/mol. The summed E-state index contributed by atoms with van der Waals surface area (Å²) in [6.07, 6.45) is -16.3. The summed E-state index contributed by atoms with van der Waals surface area (Å²) in [5, 5.41) is 0. The number of rotatable bonds is 4. The Hall–Kier alpha value is -3.98. The summed E-state index contributed by atoms with van der Waals surface area (Å²) in [7, 11) is 0. The molecule has 0 bridgehead atoms. The zero-order valence-electron chi connectivity index (χ0n) is 17.5. The quantitative estimate of drug-likeness (QED) is 0.256. The third-order valence-electron chi connectivity index (χ3n) is 4.57. The molecule has 0 fully saturated rings. The van der Waals surface area contributed by atoms with E-state index in [1.54, 1.807) is 0 Å². The van der Waals surface area contributed by atoms with Gasteiger partial charge in [-0.15, -0.1) is 0 Å². The van der Waals surface area contributed by atoms with E-state index < -0.39 is 87.0 Å². The number of nitrogens with two attached hydrogens (primary N) is 2. The molecule has 0 atom stereocenters. The van der Waals surface area contributed by atoms with Crippen molar-refractivity contribution < 1.29 is 62.2 Å². The molecule has 0 heterocycles. The summed E-state index contributed by atoms with van der Waals surface area (Å²) < 4.78 is 171. The molecule has 200 valence electrons. The van der Waals surface area contributed by atoms with Gasteiger partial charge in [0.15, 0.2) is 0 Å². The maximum absolute atomic E-state index is 14.5. The van der Waals surface area contributed by atoms with Crippen LogP contribution in [0.15, 0.2) is 36.4 Å². The van der Waals surface area contributed by atoms with E-state index in [0.717, 1.165) is 0 Å². The summed E-state index contributed by atoms with van der Waals surface area (Å²) in [6.45, 7) is 0. The van der Waals surface area contributed by atoms with E-state index >= 15 is 0 Å². The highest BCUT2D eigenvalue weighted by molar-refractivity contribution is 5.56. The van der Waals surface area contributed by atoms with Crippen molar-refractivity contribution in [3.05, 3.63) is 70.5 Å².